The Morgan fingerprint density at radius 1 is 1.33 bits per heavy atom. The summed E-state index contributed by atoms with van der Waals surface area (Å²) in [5, 5.41) is 9.97. The number of ether oxygens (including phenoxy) is 1. The van der Waals surface area contributed by atoms with E-state index in [0.717, 1.165) is 11.1 Å². The van der Waals surface area contributed by atoms with Gasteiger partial charge < -0.3 is 4.74 Å². The zero-order valence-corrected chi connectivity index (χ0v) is 9.49. The van der Waals surface area contributed by atoms with E-state index in [2.05, 4.69) is 6.07 Å². The summed E-state index contributed by atoms with van der Waals surface area (Å²) >= 11 is 11.8. The van der Waals surface area contributed by atoms with Gasteiger partial charge in [0.1, 0.15) is 11.8 Å². The van der Waals surface area contributed by atoms with Crippen molar-refractivity contribution in [2.75, 3.05) is 7.11 Å². The largest absolute Gasteiger partial charge is 0.499 e. The monoisotopic (exact) mass is 239 g/mol. The van der Waals surface area contributed by atoms with E-state index >= 15 is 0 Å². The molecular weight excluding hydrogens is 233 g/mol. The average molecular weight is 240 g/mol. The summed E-state index contributed by atoms with van der Waals surface area (Å²) in [5.74, 6) is 0.672. The van der Waals surface area contributed by atoms with E-state index in [9.17, 15) is 0 Å². The molecule has 4 heteroatoms. The second-order valence-electron chi connectivity index (χ2n) is 3.21. The smallest absolute Gasteiger partial charge is 0.118 e. The van der Waals surface area contributed by atoms with E-state index < -0.39 is 0 Å². The van der Waals surface area contributed by atoms with E-state index in [1.165, 1.54) is 0 Å². The number of nitriles is 1. The van der Waals surface area contributed by atoms with Gasteiger partial charge in [-0.3, -0.25) is 0 Å². The maximum Gasteiger partial charge on any atom is 0.118 e. The van der Waals surface area contributed by atoms with Crippen LogP contribution in [-0.2, 0) is 11.2 Å². The lowest BCUT2D eigenvalue weighted by molar-refractivity contribution is 0.288. The first-order chi connectivity index (χ1) is 7.17. The Hall–Kier alpha value is -1.17. The van der Waals surface area contributed by atoms with Crippen molar-refractivity contribution in [3.63, 3.8) is 0 Å². The Bertz CT molecular complexity index is 500. The fourth-order valence-corrected chi connectivity index (χ4v) is 2.03. The third kappa shape index (κ3) is 1.58. The summed E-state index contributed by atoms with van der Waals surface area (Å²) in [6.45, 7) is 0. The third-order valence-electron chi connectivity index (χ3n) is 2.40. The van der Waals surface area contributed by atoms with E-state index in [1.807, 2.05) is 0 Å². The molecule has 0 aromatic heterocycles. The minimum absolute atomic E-state index is 0.459. The van der Waals surface area contributed by atoms with Crippen LogP contribution in [0.25, 0.3) is 5.57 Å². The summed E-state index contributed by atoms with van der Waals surface area (Å²) in [5.41, 5.74) is 2.35. The van der Waals surface area contributed by atoms with Gasteiger partial charge in [-0.25, -0.2) is 0 Å². The van der Waals surface area contributed by atoms with Gasteiger partial charge in [-0.2, -0.15) is 5.26 Å². The summed E-state index contributed by atoms with van der Waals surface area (Å²) in [6.07, 6.45) is 0.603. The second kappa shape index (κ2) is 3.77. The maximum atomic E-state index is 9.01. The molecule has 1 aromatic rings. The van der Waals surface area contributed by atoms with Gasteiger partial charge in [0.2, 0.25) is 0 Å². The van der Waals surface area contributed by atoms with Crippen LogP contribution in [0.1, 0.15) is 11.1 Å². The van der Waals surface area contributed by atoms with Crippen molar-refractivity contribution in [2.45, 2.75) is 6.42 Å². The van der Waals surface area contributed by atoms with Crippen molar-refractivity contribution >= 4 is 28.8 Å². The lowest BCUT2D eigenvalue weighted by atomic mass is 10.1. The predicted octanol–water partition coefficient (Wildman–Crippen LogP) is 3.43. The molecule has 1 aliphatic rings. The van der Waals surface area contributed by atoms with E-state index in [4.69, 9.17) is 33.2 Å². The fourth-order valence-electron chi connectivity index (χ4n) is 1.68. The highest BCUT2D eigenvalue weighted by Crippen LogP contribution is 2.37. The summed E-state index contributed by atoms with van der Waals surface area (Å²) in [4.78, 5) is 0. The minimum atomic E-state index is 0.459. The highest BCUT2D eigenvalue weighted by Gasteiger charge is 2.23. The molecule has 0 heterocycles. The molecule has 0 saturated carbocycles. The topological polar surface area (TPSA) is 33.0 Å². The van der Waals surface area contributed by atoms with Crippen LogP contribution in [0.2, 0.25) is 10.0 Å². The van der Waals surface area contributed by atoms with Crippen LogP contribution < -0.4 is 0 Å². The number of benzene rings is 1. The van der Waals surface area contributed by atoms with Crippen molar-refractivity contribution in [3.8, 4) is 6.07 Å². The highest BCUT2D eigenvalue weighted by atomic mass is 35.5. The van der Waals surface area contributed by atoms with Crippen molar-refractivity contribution in [3.05, 3.63) is 39.1 Å². The van der Waals surface area contributed by atoms with Crippen molar-refractivity contribution in [1.82, 2.24) is 0 Å². The lowest BCUT2D eigenvalue weighted by Gasteiger charge is -2.01. The van der Waals surface area contributed by atoms with Gasteiger partial charge in [-0.15, -0.1) is 0 Å². The highest BCUT2D eigenvalue weighted by molar-refractivity contribution is 6.42. The van der Waals surface area contributed by atoms with Crippen molar-refractivity contribution < 1.29 is 4.74 Å². The second-order valence-corrected chi connectivity index (χ2v) is 4.03. The van der Waals surface area contributed by atoms with Crippen molar-refractivity contribution in [2.24, 2.45) is 0 Å². The Kier molecular flexibility index (Phi) is 2.60. The van der Waals surface area contributed by atoms with E-state index in [-0.39, 0.29) is 0 Å². The number of fused-ring (bicyclic) bond motifs is 1. The summed E-state index contributed by atoms with van der Waals surface area (Å²) in [6, 6.07) is 5.61. The van der Waals surface area contributed by atoms with Crippen LogP contribution in [0.5, 0.6) is 0 Å². The number of methoxy groups -OCH3 is 1. The molecule has 2 rings (SSSR count). The number of hydrogen-bond acceptors (Lipinski definition) is 2. The van der Waals surface area contributed by atoms with Crippen LogP contribution in [-0.4, -0.2) is 7.11 Å². The number of hydrogen-bond donors (Lipinski definition) is 0. The molecule has 0 unspecified atom stereocenters. The molecule has 0 fully saturated rings. The molecule has 0 N–H and O–H groups in total. The molecule has 1 aliphatic carbocycles. The molecule has 0 bridgehead atoms. The van der Waals surface area contributed by atoms with Gasteiger partial charge in [0.05, 0.1) is 22.7 Å². The van der Waals surface area contributed by atoms with Crippen molar-refractivity contribution in [1.29, 1.82) is 5.26 Å². The zero-order valence-electron chi connectivity index (χ0n) is 7.97. The zero-order chi connectivity index (χ0) is 11.0. The first-order valence-corrected chi connectivity index (χ1v) is 5.08. The Morgan fingerprint density at radius 2 is 2.00 bits per heavy atom. The van der Waals surface area contributed by atoms with Crippen LogP contribution in [0, 0.1) is 11.3 Å². The molecule has 15 heavy (non-hydrogen) atoms. The van der Waals surface area contributed by atoms with Crippen LogP contribution >= 0.6 is 23.2 Å². The molecular formula is C11H7Cl2NO. The molecule has 0 aliphatic heterocycles. The molecule has 0 spiro atoms. The normalized spacial score (nSPS) is 13.7. The summed E-state index contributed by atoms with van der Waals surface area (Å²) in [7, 11) is 1.56. The molecule has 0 saturated heterocycles. The Labute approximate surface area is 97.7 Å². The van der Waals surface area contributed by atoms with Crippen LogP contribution in [0.15, 0.2) is 17.9 Å². The standard InChI is InChI=1S/C11H7Cl2NO/c1-15-11-3-6-2-9(12)10(13)4-7(6)8(11)5-14/h2,4H,3H2,1H3. The fraction of sp³-hybridized carbons (Fsp3) is 0.182. The molecule has 0 atom stereocenters. The lowest BCUT2D eigenvalue weighted by Crippen LogP contribution is -1.87. The van der Waals surface area contributed by atoms with Gasteiger partial charge in [0.25, 0.3) is 0 Å². The van der Waals surface area contributed by atoms with E-state index in [0.29, 0.717) is 27.8 Å². The van der Waals surface area contributed by atoms with Gasteiger partial charge in [-0.05, 0) is 17.7 Å². The van der Waals surface area contributed by atoms with E-state index in [1.54, 1.807) is 19.2 Å². The molecule has 0 amide bonds. The first kappa shape index (κ1) is 10.4. The van der Waals surface area contributed by atoms with Crippen LogP contribution in [0.3, 0.4) is 0 Å². The molecule has 76 valence electrons. The Morgan fingerprint density at radius 3 is 2.60 bits per heavy atom. The minimum Gasteiger partial charge on any atom is -0.499 e. The van der Waals surface area contributed by atoms with Gasteiger partial charge in [-0.1, -0.05) is 23.2 Å². The first-order valence-electron chi connectivity index (χ1n) is 4.33. The Balaban J connectivity index is 2.61. The number of nitrogens with zero attached hydrogens (tertiary/aromatic N) is 1. The van der Waals surface area contributed by atoms with Crippen LogP contribution in [0.4, 0.5) is 0 Å². The average Bonchev–Trinajstić information content (AvgIpc) is 2.56. The van der Waals surface area contributed by atoms with Gasteiger partial charge >= 0.3 is 0 Å². The molecule has 0 radical (unpaired) electrons. The molecule has 1 aromatic carbocycles. The third-order valence-corrected chi connectivity index (χ3v) is 3.13. The predicted molar refractivity (Wildman–Crippen MR) is 59.7 cm³/mol. The number of allylic oxidation sites excluding steroid dienone is 2. The number of rotatable bonds is 1. The summed E-state index contributed by atoms with van der Waals surface area (Å²) < 4.78 is 5.15. The maximum absolute atomic E-state index is 9.01. The quantitative estimate of drug-likeness (QED) is 0.753. The van der Waals surface area contributed by atoms with Gasteiger partial charge in [0, 0.05) is 12.0 Å². The molecule has 2 nitrogen and oxygen atoms in total. The SMILES string of the molecule is COC1=C(C#N)c2cc(Cl)c(Cl)cc2C1. The number of halogens is 2. The van der Waals surface area contributed by atoms with Gasteiger partial charge in [0.15, 0.2) is 0 Å².